The number of piperidine rings is 1. The summed E-state index contributed by atoms with van der Waals surface area (Å²) in [6, 6.07) is 1.63. The first-order valence-electron chi connectivity index (χ1n) is 11.1. The number of amides is 4. The van der Waals surface area contributed by atoms with Gasteiger partial charge in [-0.15, -0.1) is 0 Å². The summed E-state index contributed by atoms with van der Waals surface area (Å²) in [6.45, 7) is 2.73. The third-order valence-electron chi connectivity index (χ3n) is 6.05. The Hall–Kier alpha value is -3.18. The Labute approximate surface area is 192 Å². The lowest BCUT2D eigenvalue weighted by molar-refractivity contribution is -0.129. The number of hydrogen-bond acceptors (Lipinski definition) is 7. The number of rotatable bonds is 0. The molecule has 178 valence electrons. The molecule has 5 heterocycles. The number of hydrogen-bond donors (Lipinski definition) is 2. The Kier molecular flexibility index (Phi) is 7.09. The zero-order valence-electron chi connectivity index (χ0n) is 18.7. The van der Waals surface area contributed by atoms with Gasteiger partial charge in [0.25, 0.3) is 0 Å². The minimum atomic E-state index is -0.853. The molecule has 0 atom stereocenters. The first-order valence-corrected chi connectivity index (χ1v) is 11.1. The molecule has 4 aliphatic heterocycles. The van der Waals surface area contributed by atoms with Crippen LogP contribution in [0.4, 0.5) is 15.4 Å². The summed E-state index contributed by atoms with van der Waals surface area (Å²) in [5.74, 6) is 0.272. The Bertz CT molecular complexity index is 928. The van der Waals surface area contributed by atoms with Crippen molar-refractivity contribution in [2.24, 2.45) is 0 Å². The maximum Gasteiger partial charge on any atom is 0.413 e. The number of aromatic nitrogens is 1. The number of urea groups is 1. The summed E-state index contributed by atoms with van der Waals surface area (Å²) in [5.41, 5.74) is 0.801. The van der Waals surface area contributed by atoms with Gasteiger partial charge in [-0.1, -0.05) is 12.2 Å². The quantitative estimate of drug-likeness (QED) is 0.558. The van der Waals surface area contributed by atoms with Crippen molar-refractivity contribution in [1.82, 2.24) is 20.1 Å². The maximum atomic E-state index is 12.6. The van der Waals surface area contributed by atoms with Crippen molar-refractivity contribution in [3.05, 3.63) is 29.5 Å². The second kappa shape index (κ2) is 10.2. The van der Waals surface area contributed by atoms with Crippen LogP contribution in [0.5, 0.6) is 0 Å². The fourth-order valence-corrected chi connectivity index (χ4v) is 4.10. The van der Waals surface area contributed by atoms with Crippen molar-refractivity contribution in [3.63, 3.8) is 0 Å². The lowest BCUT2D eigenvalue weighted by Gasteiger charge is -2.43. The van der Waals surface area contributed by atoms with E-state index >= 15 is 0 Å². The van der Waals surface area contributed by atoms with Crippen molar-refractivity contribution in [2.75, 3.05) is 65.0 Å². The number of nitrogens with one attached hydrogen (secondary N) is 2. The lowest BCUT2D eigenvalue weighted by Crippen LogP contribution is -2.53. The first-order chi connectivity index (χ1) is 16.0. The summed E-state index contributed by atoms with van der Waals surface area (Å²) in [4.78, 5) is 44.7. The largest absolute Gasteiger partial charge is 0.437 e. The van der Waals surface area contributed by atoms with E-state index in [4.69, 9.17) is 14.2 Å². The van der Waals surface area contributed by atoms with Crippen LogP contribution in [-0.4, -0.2) is 92.5 Å². The third kappa shape index (κ3) is 5.42. The second-order valence-corrected chi connectivity index (χ2v) is 8.22. The van der Waals surface area contributed by atoms with Gasteiger partial charge >= 0.3 is 12.1 Å². The predicted octanol–water partition coefficient (Wildman–Crippen LogP) is 1.16. The maximum absolute atomic E-state index is 12.6. The van der Waals surface area contributed by atoms with Crippen LogP contribution in [0.2, 0.25) is 0 Å². The van der Waals surface area contributed by atoms with E-state index in [9.17, 15) is 14.4 Å². The molecule has 0 unspecified atom stereocenters. The van der Waals surface area contributed by atoms with Gasteiger partial charge < -0.3 is 29.3 Å². The average molecular weight is 460 g/mol. The molecule has 0 aliphatic carbocycles. The molecule has 1 saturated heterocycles. The molecule has 4 bridgehead atoms. The van der Waals surface area contributed by atoms with Gasteiger partial charge in [0.2, 0.25) is 5.91 Å². The van der Waals surface area contributed by atoms with Crippen molar-refractivity contribution in [3.8, 4) is 0 Å². The fourth-order valence-electron chi connectivity index (χ4n) is 4.10. The molecule has 1 fully saturated rings. The molecule has 33 heavy (non-hydrogen) atoms. The first kappa shape index (κ1) is 23.0. The molecule has 1 aromatic rings. The highest BCUT2D eigenvalue weighted by atomic mass is 16.6. The highest BCUT2D eigenvalue weighted by Crippen LogP contribution is 2.43. The Morgan fingerprint density at radius 3 is 2.67 bits per heavy atom. The smallest absolute Gasteiger partial charge is 0.413 e. The minimum absolute atomic E-state index is 0.0965. The summed E-state index contributed by atoms with van der Waals surface area (Å²) >= 11 is 0. The number of nitrogens with zero attached hydrogens (tertiary/aromatic N) is 3. The van der Waals surface area contributed by atoms with Gasteiger partial charge in [0.1, 0.15) is 11.4 Å². The van der Waals surface area contributed by atoms with Gasteiger partial charge in [-0.2, -0.15) is 0 Å². The molecule has 2 N–H and O–H groups in total. The van der Waals surface area contributed by atoms with E-state index in [0.717, 1.165) is 11.1 Å². The monoisotopic (exact) mass is 459 g/mol. The van der Waals surface area contributed by atoms with E-state index in [-0.39, 0.29) is 18.5 Å². The van der Waals surface area contributed by atoms with Crippen LogP contribution in [0.3, 0.4) is 0 Å². The molecular formula is C22H29N5O6. The molecule has 0 radical (unpaired) electrons. The summed E-state index contributed by atoms with van der Waals surface area (Å²) in [7, 11) is 1.67. The summed E-state index contributed by atoms with van der Waals surface area (Å²) in [6.07, 6.45) is 5.80. The molecule has 0 saturated carbocycles. The average Bonchev–Trinajstić information content (AvgIpc) is 2.81. The number of fused-ring (bicyclic) bond motifs is 14. The standard InChI is InChI=1S/C22H29N5O6/c1-26-8-10-32-12-11-31-9-2-3-16-13-17-19(23-14-16)25-21(30)33-22(17)4-6-27(7-5-22)20(29)24-15-18(26)28/h2-3,13-14H,4-12,15H2,1H3,(H,24,29)(H,23,25,30)/b3-2+. The highest BCUT2D eigenvalue weighted by Gasteiger charge is 2.46. The zero-order chi connectivity index (χ0) is 23.3. The van der Waals surface area contributed by atoms with Crippen LogP contribution in [0, 0.1) is 0 Å². The van der Waals surface area contributed by atoms with Gasteiger partial charge in [0.05, 0.1) is 33.0 Å². The van der Waals surface area contributed by atoms with E-state index in [1.165, 1.54) is 4.90 Å². The molecule has 1 spiro atoms. The number of carbonyl (C=O) groups is 3. The molecular weight excluding hydrogens is 430 g/mol. The number of pyridine rings is 1. The van der Waals surface area contributed by atoms with Crippen LogP contribution in [0.15, 0.2) is 18.3 Å². The fraction of sp³-hybridized carbons (Fsp3) is 0.545. The van der Waals surface area contributed by atoms with E-state index < -0.39 is 11.7 Å². The van der Waals surface area contributed by atoms with Gasteiger partial charge in [-0.05, 0) is 11.6 Å². The minimum Gasteiger partial charge on any atom is -0.437 e. The Morgan fingerprint density at radius 1 is 1.06 bits per heavy atom. The van der Waals surface area contributed by atoms with Crippen molar-refractivity contribution >= 4 is 29.9 Å². The van der Waals surface area contributed by atoms with Gasteiger partial charge in [0, 0.05) is 51.3 Å². The molecule has 11 heteroatoms. The Morgan fingerprint density at radius 2 is 1.85 bits per heavy atom. The number of carbonyl (C=O) groups excluding carboxylic acids is 3. The van der Waals surface area contributed by atoms with Crippen LogP contribution in [0.25, 0.3) is 6.08 Å². The van der Waals surface area contributed by atoms with Crippen molar-refractivity contribution in [2.45, 2.75) is 18.4 Å². The molecule has 4 amide bonds. The van der Waals surface area contributed by atoms with Crippen LogP contribution in [-0.2, 0) is 24.6 Å². The molecule has 4 aliphatic rings. The highest BCUT2D eigenvalue weighted by molar-refractivity contribution is 5.88. The van der Waals surface area contributed by atoms with Gasteiger partial charge in [0.15, 0.2) is 0 Å². The normalized spacial score (nSPS) is 23.1. The molecule has 1 aromatic heterocycles. The number of likely N-dealkylation sites (N-methyl/N-ethyl adjacent to an activating group) is 1. The van der Waals surface area contributed by atoms with E-state index in [2.05, 4.69) is 15.6 Å². The van der Waals surface area contributed by atoms with Gasteiger partial charge in [-0.3, -0.25) is 10.1 Å². The van der Waals surface area contributed by atoms with Crippen LogP contribution in [0.1, 0.15) is 24.0 Å². The molecule has 0 aromatic carbocycles. The van der Waals surface area contributed by atoms with E-state index in [0.29, 0.717) is 64.7 Å². The van der Waals surface area contributed by atoms with Crippen LogP contribution < -0.4 is 10.6 Å². The SMILES string of the molecule is CN1CCOCCOC/C=C/c2cnc3c(c2)C2(CCN(CC2)C(=O)NCC1=O)OC(=O)N3. The predicted molar refractivity (Wildman–Crippen MR) is 119 cm³/mol. The molecule has 11 nitrogen and oxygen atoms in total. The number of ether oxygens (including phenoxy) is 3. The molecule has 5 rings (SSSR count). The van der Waals surface area contributed by atoms with E-state index in [1.807, 2.05) is 18.2 Å². The van der Waals surface area contributed by atoms with Crippen LogP contribution >= 0.6 is 0 Å². The van der Waals surface area contributed by atoms with Crippen molar-refractivity contribution in [1.29, 1.82) is 0 Å². The topological polar surface area (TPSA) is 122 Å². The summed E-state index contributed by atoms with van der Waals surface area (Å²) in [5, 5.41) is 5.35. The van der Waals surface area contributed by atoms with E-state index in [1.54, 1.807) is 18.1 Å². The second-order valence-electron chi connectivity index (χ2n) is 8.22. The van der Waals surface area contributed by atoms with Crippen molar-refractivity contribution < 1.29 is 28.6 Å². The number of anilines is 1. The van der Waals surface area contributed by atoms with Gasteiger partial charge in [-0.25, -0.2) is 14.6 Å². The Balaban J connectivity index is 1.53. The zero-order valence-corrected chi connectivity index (χ0v) is 18.7. The lowest BCUT2D eigenvalue weighted by atomic mass is 9.83. The third-order valence-corrected chi connectivity index (χ3v) is 6.05. The summed E-state index contributed by atoms with van der Waals surface area (Å²) < 4.78 is 16.8.